The number of hydrogen-bond acceptors (Lipinski definition) is 2. The average Bonchev–Trinajstić information content (AvgIpc) is 2.98. The van der Waals surface area contributed by atoms with Crippen LogP contribution in [0.5, 0.6) is 0 Å². The fourth-order valence-electron chi connectivity index (χ4n) is 3.02. The van der Waals surface area contributed by atoms with E-state index >= 15 is 0 Å². The number of hydrogen-bond donors (Lipinski definition) is 0. The van der Waals surface area contributed by atoms with Crippen molar-refractivity contribution in [3.63, 3.8) is 0 Å². The second-order valence-corrected chi connectivity index (χ2v) is 7.45. The van der Waals surface area contributed by atoms with Crippen LogP contribution in [-0.4, -0.2) is 19.3 Å². The van der Waals surface area contributed by atoms with Crippen LogP contribution in [0.1, 0.15) is 30.0 Å². The highest BCUT2D eigenvalue weighted by Crippen LogP contribution is 2.37. The largest absolute Gasteiger partial charge is 0.243 e. The zero-order valence-corrected chi connectivity index (χ0v) is 13.2. The Balaban J connectivity index is 1.99. The van der Waals surface area contributed by atoms with Crippen molar-refractivity contribution in [1.29, 1.82) is 0 Å². The van der Waals surface area contributed by atoms with Crippen molar-refractivity contribution in [3.05, 3.63) is 65.5 Å². The van der Waals surface area contributed by atoms with Gasteiger partial charge in [-0.3, -0.25) is 0 Å². The molecule has 1 heterocycles. The van der Waals surface area contributed by atoms with E-state index in [-0.39, 0.29) is 11.9 Å². The Morgan fingerprint density at radius 3 is 2.45 bits per heavy atom. The van der Waals surface area contributed by atoms with Crippen molar-refractivity contribution in [2.45, 2.75) is 30.7 Å². The smallest absolute Gasteiger partial charge is 0.207 e. The van der Waals surface area contributed by atoms with Crippen LogP contribution in [0.3, 0.4) is 0 Å². The minimum Gasteiger partial charge on any atom is -0.207 e. The lowest BCUT2D eigenvalue weighted by atomic mass is 10.1. The van der Waals surface area contributed by atoms with E-state index in [1.54, 1.807) is 41.6 Å². The van der Waals surface area contributed by atoms with Crippen LogP contribution in [-0.2, 0) is 10.0 Å². The minimum absolute atomic E-state index is 0.217. The third-order valence-electron chi connectivity index (χ3n) is 4.14. The van der Waals surface area contributed by atoms with Crippen LogP contribution in [0, 0.1) is 12.7 Å². The molecule has 1 aliphatic rings. The molecule has 0 radical (unpaired) electrons. The third-order valence-corrected chi connectivity index (χ3v) is 6.21. The van der Waals surface area contributed by atoms with Gasteiger partial charge in [0.25, 0.3) is 0 Å². The summed E-state index contributed by atoms with van der Waals surface area (Å²) < 4.78 is 40.6. The van der Waals surface area contributed by atoms with Crippen LogP contribution in [0.25, 0.3) is 0 Å². The molecule has 0 aromatic heterocycles. The lowest BCUT2D eigenvalue weighted by Gasteiger charge is -2.25. The molecular formula is C17H18FNO2S. The molecule has 0 amide bonds. The SMILES string of the molecule is Cc1ccccc1S(=O)(=O)N1CCC[C@@H]1c1ccc(F)cc1. The summed E-state index contributed by atoms with van der Waals surface area (Å²) in [6.07, 6.45) is 1.57. The number of aryl methyl sites for hydroxylation is 1. The van der Waals surface area contributed by atoms with Crippen molar-refractivity contribution in [3.8, 4) is 0 Å². The van der Waals surface area contributed by atoms with Crippen molar-refractivity contribution in [1.82, 2.24) is 4.31 Å². The van der Waals surface area contributed by atoms with Gasteiger partial charge in [0.05, 0.1) is 10.9 Å². The molecule has 2 aromatic rings. The Morgan fingerprint density at radius 1 is 1.09 bits per heavy atom. The highest BCUT2D eigenvalue weighted by atomic mass is 32.2. The second kappa shape index (κ2) is 5.82. The molecule has 0 bridgehead atoms. The molecule has 1 fully saturated rings. The van der Waals surface area contributed by atoms with E-state index in [2.05, 4.69) is 0 Å². The van der Waals surface area contributed by atoms with Gasteiger partial charge in [0.2, 0.25) is 10.0 Å². The van der Waals surface area contributed by atoms with Gasteiger partial charge in [0, 0.05) is 6.54 Å². The summed E-state index contributed by atoms with van der Waals surface area (Å²) in [5, 5.41) is 0. The van der Waals surface area contributed by atoms with Gasteiger partial charge in [-0.2, -0.15) is 4.31 Å². The Bertz CT molecular complexity index is 772. The Labute approximate surface area is 130 Å². The van der Waals surface area contributed by atoms with E-state index in [4.69, 9.17) is 0 Å². The summed E-state index contributed by atoms with van der Waals surface area (Å²) in [6, 6.07) is 12.9. The predicted molar refractivity (Wildman–Crippen MR) is 83.4 cm³/mol. The summed E-state index contributed by atoms with van der Waals surface area (Å²) in [5.41, 5.74) is 1.59. The zero-order valence-electron chi connectivity index (χ0n) is 12.4. The molecule has 1 atom stereocenters. The summed E-state index contributed by atoms with van der Waals surface area (Å²) in [5.74, 6) is -0.310. The maximum Gasteiger partial charge on any atom is 0.243 e. The van der Waals surface area contributed by atoms with E-state index in [1.165, 1.54) is 12.1 Å². The first-order chi connectivity index (χ1) is 10.5. The van der Waals surface area contributed by atoms with E-state index < -0.39 is 10.0 Å². The standard InChI is InChI=1S/C17H18FNO2S/c1-13-5-2-3-7-17(13)22(20,21)19-12-4-6-16(19)14-8-10-15(18)11-9-14/h2-3,5,7-11,16H,4,6,12H2,1H3/t16-/m1/s1. The van der Waals surface area contributed by atoms with Gasteiger partial charge in [-0.1, -0.05) is 30.3 Å². The Kier molecular flexibility index (Phi) is 4.02. The molecule has 0 N–H and O–H groups in total. The van der Waals surface area contributed by atoms with E-state index in [1.807, 2.05) is 6.07 Å². The van der Waals surface area contributed by atoms with Crippen LogP contribution in [0.4, 0.5) is 4.39 Å². The van der Waals surface area contributed by atoms with E-state index in [0.29, 0.717) is 11.4 Å². The molecule has 0 aliphatic carbocycles. The van der Waals surface area contributed by atoms with Crippen LogP contribution in [0.2, 0.25) is 0 Å². The molecule has 0 unspecified atom stereocenters. The first kappa shape index (κ1) is 15.2. The summed E-state index contributed by atoms with van der Waals surface area (Å²) in [4.78, 5) is 0.351. The van der Waals surface area contributed by atoms with Gasteiger partial charge < -0.3 is 0 Å². The van der Waals surface area contributed by atoms with Gasteiger partial charge in [-0.05, 0) is 49.1 Å². The van der Waals surface area contributed by atoms with Gasteiger partial charge in [0.1, 0.15) is 5.82 Å². The lowest BCUT2D eigenvalue weighted by Crippen LogP contribution is -2.31. The zero-order chi connectivity index (χ0) is 15.7. The maximum atomic E-state index is 13.1. The van der Waals surface area contributed by atoms with E-state index in [9.17, 15) is 12.8 Å². The normalized spacial score (nSPS) is 19.5. The molecule has 1 saturated heterocycles. The van der Waals surface area contributed by atoms with Crippen molar-refractivity contribution in [2.75, 3.05) is 6.54 Å². The van der Waals surface area contributed by atoms with Gasteiger partial charge in [-0.25, -0.2) is 12.8 Å². The first-order valence-electron chi connectivity index (χ1n) is 7.33. The Morgan fingerprint density at radius 2 is 1.77 bits per heavy atom. The number of halogens is 1. The van der Waals surface area contributed by atoms with Crippen LogP contribution >= 0.6 is 0 Å². The molecule has 5 heteroatoms. The number of rotatable bonds is 3. The molecule has 22 heavy (non-hydrogen) atoms. The molecule has 1 aliphatic heterocycles. The van der Waals surface area contributed by atoms with Gasteiger partial charge in [0.15, 0.2) is 0 Å². The fraction of sp³-hybridized carbons (Fsp3) is 0.294. The number of sulfonamides is 1. The van der Waals surface area contributed by atoms with E-state index in [0.717, 1.165) is 24.0 Å². The highest BCUT2D eigenvalue weighted by Gasteiger charge is 2.36. The second-order valence-electron chi connectivity index (χ2n) is 5.59. The quantitative estimate of drug-likeness (QED) is 0.866. The average molecular weight is 319 g/mol. The third kappa shape index (κ3) is 2.66. The minimum atomic E-state index is -3.54. The molecule has 116 valence electrons. The molecule has 2 aromatic carbocycles. The van der Waals surface area contributed by atoms with Crippen molar-refractivity contribution in [2.24, 2.45) is 0 Å². The van der Waals surface area contributed by atoms with Crippen molar-refractivity contribution < 1.29 is 12.8 Å². The lowest BCUT2D eigenvalue weighted by molar-refractivity contribution is 0.396. The van der Waals surface area contributed by atoms with Gasteiger partial charge >= 0.3 is 0 Å². The number of nitrogens with zero attached hydrogens (tertiary/aromatic N) is 1. The molecule has 0 saturated carbocycles. The van der Waals surface area contributed by atoms with Gasteiger partial charge in [-0.15, -0.1) is 0 Å². The fourth-order valence-corrected chi connectivity index (χ4v) is 4.93. The van der Waals surface area contributed by atoms with Crippen molar-refractivity contribution >= 4 is 10.0 Å². The van der Waals surface area contributed by atoms with Crippen LogP contribution < -0.4 is 0 Å². The molecule has 0 spiro atoms. The summed E-state index contributed by atoms with van der Waals surface area (Å²) >= 11 is 0. The first-order valence-corrected chi connectivity index (χ1v) is 8.77. The number of benzene rings is 2. The topological polar surface area (TPSA) is 37.4 Å². The Hall–Kier alpha value is -1.72. The highest BCUT2D eigenvalue weighted by molar-refractivity contribution is 7.89. The van der Waals surface area contributed by atoms with Crippen LogP contribution in [0.15, 0.2) is 53.4 Å². The molecule has 3 rings (SSSR count). The molecular weight excluding hydrogens is 301 g/mol. The maximum absolute atomic E-state index is 13.1. The summed E-state index contributed by atoms with van der Waals surface area (Å²) in [7, 11) is -3.54. The predicted octanol–water partition coefficient (Wildman–Crippen LogP) is 3.66. The molecule has 3 nitrogen and oxygen atoms in total. The monoisotopic (exact) mass is 319 g/mol. The summed E-state index contributed by atoms with van der Waals surface area (Å²) in [6.45, 7) is 2.30.